The third-order valence-electron chi connectivity index (χ3n) is 3.91. The van der Waals surface area contributed by atoms with E-state index >= 15 is 0 Å². The van der Waals surface area contributed by atoms with Crippen molar-refractivity contribution < 1.29 is 4.79 Å². The largest absolute Gasteiger partial charge is 0.349 e. The van der Waals surface area contributed by atoms with Gasteiger partial charge in [-0.05, 0) is 42.6 Å². The Bertz CT molecular complexity index is 779. The number of nitrogens with one attached hydrogen (secondary N) is 1. The molecule has 1 aromatic carbocycles. The van der Waals surface area contributed by atoms with Crippen LogP contribution in [-0.4, -0.2) is 31.4 Å². The number of rotatable bonds is 6. The van der Waals surface area contributed by atoms with Crippen molar-refractivity contribution in [3.63, 3.8) is 0 Å². The van der Waals surface area contributed by atoms with Gasteiger partial charge in [-0.2, -0.15) is 0 Å². The van der Waals surface area contributed by atoms with Gasteiger partial charge in [0.05, 0.1) is 10.9 Å². The summed E-state index contributed by atoms with van der Waals surface area (Å²) >= 11 is 3.21. The van der Waals surface area contributed by atoms with Crippen LogP contribution in [0.5, 0.6) is 0 Å². The van der Waals surface area contributed by atoms with Crippen LogP contribution in [-0.2, 0) is 0 Å². The number of nitrogens with zero attached hydrogens (tertiary/aromatic N) is 1. The molecule has 2 heterocycles. The highest BCUT2D eigenvalue weighted by atomic mass is 32.1. The quantitative estimate of drug-likeness (QED) is 0.705. The molecule has 5 heteroatoms. The normalized spacial score (nSPS) is 12.3. The van der Waals surface area contributed by atoms with Gasteiger partial charge < -0.3 is 10.2 Å². The third kappa shape index (κ3) is 3.75. The molecule has 0 aliphatic carbocycles. The lowest BCUT2D eigenvalue weighted by atomic mass is 10.1. The molecule has 1 N–H and O–H groups in total. The second kappa shape index (κ2) is 7.75. The van der Waals surface area contributed by atoms with Crippen molar-refractivity contribution in [3.05, 3.63) is 69.0 Å². The first-order chi connectivity index (χ1) is 11.7. The zero-order valence-electron chi connectivity index (χ0n) is 13.7. The number of carbonyl (C=O) groups excluding carboxylic acids is 1. The maximum absolute atomic E-state index is 12.7. The molecule has 0 fully saturated rings. The molecule has 1 atom stereocenters. The number of thiophene rings is 2. The van der Waals surface area contributed by atoms with Gasteiger partial charge in [0.1, 0.15) is 0 Å². The number of carbonyl (C=O) groups is 1. The van der Waals surface area contributed by atoms with E-state index in [0.717, 1.165) is 16.0 Å². The van der Waals surface area contributed by atoms with Crippen LogP contribution in [0.2, 0.25) is 0 Å². The van der Waals surface area contributed by atoms with E-state index in [1.165, 1.54) is 16.2 Å². The highest BCUT2D eigenvalue weighted by molar-refractivity contribution is 7.12. The maximum Gasteiger partial charge on any atom is 0.262 e. The third-order valence-corrected chi connectivity index (χ3v) is 5.79. The van der Waals surface area contributed by atoms with Crippen LogP contribution in [0.1, 0.15) is 20.6 Å². The lowest BCUT2D eigenvalue weighted by Crippen LogP contribution is -2.34. The summed E-state index contributed by atoms with van der Waals surface area (Å²) in [6, 6.07) is 16.4. The van der Waals surface area contributed by atoms with Crippen LogP contribution in [0.3, 0.4) is 0 Å². The van der Waals surface area contributed by atoms with Gasteiger partial charge in [-0.1, -0.05) is 36.4 Å². The summed E-state index contributed by atoms with van der Waals surface area (Å²) in [6.07, 6.45) is 0. The molecule has 0 radical (unpaired) electrons. The minimum absolute atomic E-state index is 0.00717. The number of hydrogen-bond donors (Lipinski definition) is 1. The fourth-order valence-corrected chi connectivity index (χ4v) is 4.37. The molecular weight excluding hydrogens is 336 g/mol. The number of hydrogen-bond acceptors (Lipinski definition) is 4. The zero-order valence-corrected chi connectivity index (χ0v) is 15.4. The van der Waals surface area contributed by atoms with Crippen LogP contribution in [0.25, 0.3) is 11.1 Å². The number of benzene rings is 1. The maximum atomic E-state index is 12.7. The predicted octanol–water partition coefficient (Wildman–Crippen LogP) is 4.51. The molecule has 2 aromatic heterocycles. The minimum Gasteiger partial charge on any atom is -0.349 e. The molecular formula is C19H20N2OS2. The van der Waals surface area contributed by atoms with Crippen molar-refractivity contribution in [2.45, 2.75) is 6.04 Å². The Morgan fingerprint density at radius 2 is 1.83 bits per heavy atom. The van der Waals surface area contributed by atoms with E-state index < -0.39 is 0 Å². The molecule has 3 nitrogen and oxygen atoms in total. The highest BCUT2D eigenvalue weighted by Crippen LogP contribution is 2.28. The van der Waals surface area contributed by atoms with Crippen molar-refractivity contribution in [1.82, 2.24) is 10.2 Å². The molecule has 24 heavy (non-hydrogen) atoms. The van der Waals surface area contributed by atoms with Crippen molar-refractivity contribution in [1.29, 1.82) is 0 Å². The van der Waals surface area contributed by atoms with Crippen molar-refractivity contribution in [3.8, 4) is 11.1 Å². The lowest BCUT2D eigenvalue weighted by Gasteiger charge is -2.23. The summed E-state index contributed by atoms with van der Waals surface area (Å²) in [7, 11) is 4.08. The molecule has 1 unspecified atom stereocenters. The van der Waals surface area contributed by atoms with Gasteiger partial charge in [0.25, 0.3) is 5.91 Å². The molecule has 0 aliphatic rings. The summed E-state index contributed by atoms with van der Waals surface area (Å²) in [6.45, 7) is 0.596. The summed E-state index contributed by atoms with van der Waals surface area (Å²) in [5.74, 6) is -0.00717. The highest BCUT2D eigenvalue weighted by Gasteiger charge is 2.19. The van der Waals surface area contributed by atoms with Gasteiger partial charge in [-0.3, -0.25) is 4.79 Å². The summed E-state index contributed by atoms with van der Waals surface area (Å²) in [4.78, 5) is 16.8. The van der Waals surface area contributed by atoms with E-state index in [0.29, 0.717) is 6.54 Å². The Morgan fingerprint density at radius 1 is 1.04 bits per heavy atom. The Kier molecular flexibility index (Phi) is 5.45. The molecule has 0 saturated carbocycles. The van der Waals surface area contributed by atoms with Gasteiger partial charge in [0.15, 0.2) is 0 Å². The first kappa shape index (κ1) is 16.9. The van der Waals surface area contributed by atoms with Crippen LogP contribution in [0.15, 0.2) is 59.3 Å². The monoisotopic (exact) mass is 356 g/mol. The first-order valence-corrected chi connectivity index (χ1v) is 9.53. The fourth-order valence-electron chi connectivity index (χ4n) is 2.62. The topological polar surface area (TPSA) is 32.3 Å². The summed E-state index contributed by atoms with van der Waals surface area (Å²) in [5.41, 5.74) is 2.07. The first-order valence-electron chi connectivity index (χ1n) is 7.77. The standard InChI is InChI=1S/C19H20N2OS2/c1-21(2)16(17-9-6-11-23-17)13-20-19(22)18-15(10-12-24-18)14-7-4-3-5-8-14/h3-12,16H,13H2,1-2H3,(H,20,22). The van der Waals surface area contributed by atoms with E-state index in [2.05, 4.69) is 21.7 Å². The Balaban J connectivity index is 1.73. The average Bonchev–Trinajstić information content (AvgIpc) is 3.27. The van der Waals surface area contributed by atoms with Crippen LogP contribution >= 0.6 is 22.7 Å². The molecule has 3 aromatic rings. The predicted molar refractivity (Wildman–Crippen MR) is 103 cm³/mol. The van der Waals surface area contributed by atoms with E-state index in [-0.39, 0.29) is 11.9 Å². The van der Waals surface area contributed by atoms with Gasteiger partial charge >= 0.3 is 0 Å². The van der Waals surface area contributed by atoms with Gasteiger partial charge in [-0.25, -0.2) is 0 Å². The Labute approximate surface area is 150 Å². The van der Waals surface area contributed by atoms with E-state index in [1.54, 1.807) is 11.3 Å². The SMILES string of the molecule is CN(C)C(CNC(=O)c1sccc1-c1ccccc1)c1cccs1. The smallest absolute Gasteiger partial charge is 0.262 e. The minimum atomic E-state index is -0.00717. The fraction of sp³-hybridized carbons (Fsp3) is 0.211. The zero-order chi connectivity index (χ0) is 16.9. The summed E-state index contributed by atoms with van der Waals surface area (Å²) < 4.78 is 0. The second-order valence-corrected chi connectivity index (χ2v) is 7.63. The molecule has 3 rings (SSSR count). The van der Waals surface area contributed by atoms with Crippen LogP contribution in [0.4, 0.5) is 0 Å². The molecule has 0 spiro atoms. The number of amides is 1. The molecule has 1 amide bonds. The number of likely N-dealkylation sites (N-methyl/N-ethyl adjacent to an activating group) is 1. The summed E-state index contributed by atoms with van der Waals surface area (Å²) in [5, 5.41) is 7.14. The molecule has 0 aliphatic heterocycles. The van der Waals surface area contributed by atoms with Crippen LogP contribution < -0.4 is 5.32 Å². The second-order valence-electron chi connectivity index (χ2n) is 5.73. The van der Waals surface area contributed by atoms with Gasteiger partial charge in [-0.15, -0.1) is 22.7 Å². The van der Waals surface area contributed by atoms with Gasteiger partial charge in [0.2, 0.25) is 0 Å². The molecule has 0 bridgehead atoms. The average molecular weight is 357 g/mol. The van der Waals surface area contributed by atoms with Gasteiger partial charge in [0, 0.05) is 17.0 Å². The van der Waals surface area contributed by atoms with Crippen molar-refractivity contribution in [2.24, 2.45) is 0 Å². The lowest BCUT2D eigenvalue weighted by molar-refractivity contribution is 0.0947. The Morgan fingerprint density at radius 3 is 2.50 bits per heavy atom. The van der Waals surface area contributed by atoms with E-state index in [1.807, 2.05) is 61.9 Å². The molecule has 124 valence electrons. The van der Waals surface area contributed by atoms with E-state index in [4.69, 9.17) is 0 Å². The van der Waals surface area contributed by atoms with Crippen molar-refractivity contribution >= 4 is 28.6 Å². The molecule has 0 saturated heterocycles. The van der Waals surface area contributed by atoms with Crippen LogP contribution in [0, 0.1) is 0 Å². The van der Waals surface area contributed by atoms with Crippen molar-refractivity contribution in [2.75, 3.05) is 20.6 Å². The van der Waals surface area contributed by atoms with E-state index in [9.17, 15) is 4.79 Å². The Hall–Kier alpha value is -1.95.